The highest BCUT2D eigenvalue weighted by molar-refractivity contribution is 14.0. The molecule has 0 aromatic heterocycles. The standard InChI is InChI=1S/C12H25N3S.HI/c1-4-13-12(14-7-9-16-3)15-8-5-6-11(2)10-15;/h11H,4-10H2,1-3H3,(H,13,14);1H. The van der Waals surface area contributed by atoms with Crippen LogP contribution in [0.2, 0.25) is 0 Å². The molecule has 0 radical (unpaired) electrons. The number of hydrogen-bond acceptors (Lipinski definition) is 2. The van der Waals surface area contributed by atoms with E-state index >= 15 is 0 Å². The van der Waals surface area contributed by atoms with E-state index in [1.807, 2.05) is 11.8 Å². The van der Waals surface area contributed by atoms with Crippen LogP contribution in [0.4, 0.5) is 0 Å². The maximum Gasteiger partial charge on any atom is 0.193 e. The number of likely N-dealkylation sites (tertiary alicyclic amines) is 1. The average molecular weight is 371 g/mol. The van der Waals surface area contributed by atoms with Gasteiger partial charge in [-0.25, -0.2) is 0 Å². The molecule has 102 valence electrons. The Balaban J connectivity index is 0.00000256. The molecule has 1 N–H and O–H groups in total. The van der Waals surface area contributed by atoms with Crippen LogP contribution in [-0.2, 0) is 0 Å². The van der Waals surface area contributed by atoms with E-state index in [1.165, 1.54) is 12.8 Å². The fourth-order valence-corrected chi connectivity index (χ4v) is 2.32. The first kappa shape index (κ1) is 17.4. The number of hydrogen-bond donors (Lipinski definition) is 1. The Labute approximate surface area is 127 Å². The SMILES string of the molecule is CCNC(=NCCSC)N1CCCC(C)C1.I. The molecule has 3 nitrogen and oxygen atoms in total. The highest BCUT2D eigenvalue weighted by Gasteiger charge is 2.18. The zero-order valence-corrected chi connectivity index (χ0v) is 14.4. The van der Waals surface area contributed by atoms with Crippen molar-refractivity contribution < 1.29 is 0 Å². The molecule has 1 aliphatic rings. The number of thioether (sulfide) groups is 1. The maximum absolute atomic E-state index is 4.67. The molecule has 1 aliphatic heterocycles. The van der Waals surface area contributed by atoms with Crippen molar-refractivity contribution in [3.63, 3.8) is 0 Å². The Morgan fingerprint density at radius 1 is 1.53 bits per heavy atom. The van der Waals surface area contributed by atoms with Gasteiger partial charge < -0.3 is 10.2 Å². The molecule has 0 saturated carbocycles. The first-order chi connectivity index (χ1) is 7.77. The fourth-order valence-electron chi connectivity index (χ4n) is 2.05. The van der Waals surface area contributed by atoms with Gasteiger partial charge in [-0.15, -0.1) is 24.0 Å². The predicted molar refractivity (Wildman–Crippen MR) is 89.7 cm³/mol. The fraction of sp³-hybridized carbons (Fsp3) is 0.917. The molecule has 5 heteroatoms. The third-order valence-corrected chi connectivity index (χ3v) is 3.44. The molecule has 0 spiro atoms. The Hall–Kier alpha value is 0.350. The molecule has 1 rings (SSSR count). The monoisotopic (exact) mass is 371 g/mol. The molecule has 1 fully saturated rings. The van der Waals surface area contributed by atoms with Gasteiger partial charge in [0.25, 0.3) is 0 Å². The molecule has 0 aliphatic carbocycles. The Morgan fingerprint density at radius 2 is 2.29 bits per heavy atom. The summed E-state index contributed by atoms with van der Waals surface area (Å²) in [5.74, 6) is 3.03. The van der Waals surface area contributed by atoms with Crippen molar-refractivity contribution in [2.45, 2.75) is 26.7 Å². The summed E-state index contributed by atoms with van der Waals surface area (Å²) in [5.41, 5.74) is 0. The lowest BCUT2D eigenvalue weighted by atomic mass is 10.0. The summed E-state index contributed by atoms with van der Waals surface area (Å²) in [7, 11) is 0. The van der Waals surface area contributed by atoms with E-state index in [2.05, 4.69) is 35.3 Å². The lowest BCUT2D eigenvalue weighted by Gasteiger charge is -2.33. The Kier molecular flexibility index (Phi) is 10.5. The minimum Gasteiger partial charge on any atom is -0.357 e. The van der Waals surface area contributed by atoms with Crippen LogP contribution in [-0.4, -0.2) is 49.0 Å². The molecule has 1 atom stereocenters. The van der Waals surface area contributed by atoms with Crippen molar-refractivity contribution >= 4 is 41.7 Å². The van der Waals surface area contributed by atoms with Gasteiger partial charge in [-0.05, 0) is 31.9 Å². The van der Waals surface area contributed by atoms with Gasteiger partial charge in [0.15, 0.2) is 5.96 Å². The van der Waals surface area contributed by atoms with Crippen molar-refractivity contribution in [1.82, 2.24) is 10.2 Å². The number of nitrogens with zero attached hydrogens (tertiary/aromatic N) is 2. The molecule has 0 aromatic rings. The summed E-state index contributed by atoms with van der Waals surface area (Å²) >= 11 is 1.86. The summed E-state index contributed by atoms with van der Waals surface area (Å²) in [4.78, 5) is 7.09. The van der Waals surface area contributed by atoms with Gasteiger partial charge >= 0.3 is 0 Å². The van der Waals surface area contributed by atoms with Crippen LogP contribution in [0.5, 0.6) is 0 Å². The maximum atomic E-state index is 4.67. The molecule has 1 heterocycles. The number of rotatable bonds is 4. The van der Waals surface area contributed by atoms with Crippen molar-refractivity contribution in [3.05, 3.63) is 0 Å². The quantitative estimate of drug-likeness (QED) is 0.356. The highest BCUT2D eigenvalue weighted by atomic mass is 127. The van der Waals surface area contributed by atoms with Crippen LogP contribution in [0.3, 0.4) is 0 Å². The molecule has 0 bridgehead atoms. The third kappa shape index (κ3) is 6.74. The summed E-state index contributed by atoms with van der Waals surface area (Å²) < 4.78 is 0. The predicted octanol–water partition coefficient (Wildman–Crippen LogP) is 2.66. The molecule has 1 saturated heterocycles. The van der Waals surface area contributed by atoms with Gasteiger partial charge in [-0.1, -0.05) is 6.92 Å². The van der Waals surface area contributed by atoms with E-state index in [4.69, 9.17) is 0 Å². The molecule has 0 amide bonds. The number of guanidine groups is 1. The summed E-state index contributed by atoms with van der Waals surface area (Å²) in [6.45, 7) is 8.67. The number of nitrogens with one attached hydrogen (secondary N) is 1. The van der Waals surface area contributed by atoms with Crippen LogP contribution >= 0.6 is 35.7 Å². The van der Waals surface area contributed by atoms with Crippen molar-refractivity contribution in [2.75, 3.05) is 38.2 Å². The van der Waals surface area contributed by atoms with Gasteiger partial charge in [-0.2, -0.15) is 11.8 Å². The molecule has 17 heavy (non-hydrogen) atoms. The number of piperidine rings is 1. The van der Waals surface area contributed by atoms with Crippen molar-refractivity contribution in [2.24, 2.45) is 10.9 Å². The van der Waals surface area contributed by atoms with E-state index in [-0.39, 0.29) is 24.0 Å². The summed E-state index contributed by atoms with van der Waals surface area (Å²) in [6.07, 6.45) is 4.79. The smallest absolute Gasteiger partial charge is 0.193 e. The molecule has 1 unspecified atom stereocenters. The second-order valence-electron chi connectivity index (χ2n) is 4.42. The van der Waals surface area contributed by atoms with Crippen molar-refractivity contribution in [3.8, 4) is 0 Å². The number of aliphatic imine (C=N–C) groups is 1. The lowest BCUT2D eigenvalue weighted by Crippen LogP contribution is -2.46. The summed E-state index contributed by atoms with van der Waals surface area (Å²) in [5, 5.41) is 3.40. The normalized spacial score (nSPS) is 21.0. The molecular formula is C12H26IN3S. The Morgan fingerprint density at radius 3 is 2.88 bits per heavy atom. The van der Waals surface area contributed by atoms with Crippen LogP contribution in [0.1, 0.15) is 26.7 Å². The van der Waals surface area contributed by atoms with Crippen LogP contribution in [0.15, 0.2) is 4.99 Å². The Bertz CT molecular complexity index is 224. The zero-order chi connectivity index (χ0) is 11.8. The minimum absolute atomic E-state index is 0. The van der Waals surface area contributed by atoms with E-state index in [0.29, 0.717) is 0 Å². The first-order valence-corrected chi connectivity index (χ1v) is 7.69. The highest BCUT2D eigenvalue weighted by Crippen LogP contribution is 2.15. The largest absolute Gasteiger partial charge is 0.357 e. The third-order valence-electron chi connectivity index (χ3n) is 2.85. The van der Waals surface area contributed by atoms with E-state index in [1.54, 1.807) is 0 Å². The number of halogens is 1. The van der Waals surface area contributed by atoms with Crippen LogP contribution in [0.25, 0.3) is 0 Å². The second-order valence-corrected chi connectivity index (χ2v) is 5.41. The van der Waals surface area contributed by atoms with E-state index in [9.17, 15) is 0 Å². The second kappa shape index (κ2) is 10.3. The van der Waals surface area contributed by atoms with Crippen molar-refractivity contribution in [1.29, 1.82) is 0 Å². The molecule has 0 aromatic carbocycles. The van der Waals surface area contributed by atoms with Gasteiger partial charge in [0, 0.05) is 25.4 Å². The lowest BCUT2D eigenvalue weighted by molar-refractivity contribution is 0.266. The van der Waals surface area contributed by atoms with Gasteiger partial charge in [0.1, 0.15) is 0 Å². The summed E-state index contributed by atoms with van der Waals surface area (Å²) in [6, 6.07) is 0. The topological polar surface area (TPSA) is 27.6 Å². The first-order valence-electron chi connectivity index (χ1n) is 6.30. The zero-order valence-electron chi connectivity index (χ0n) is 11.2. The van der Waals surface area contributed by atoms with Crippen LogP contribution < -0.4 is 5.32 Å². The molecular weight excluding hydrogens is 345 g/mol. The van der Waals surface area contributed by atoms with E-state index < -0.39 is 0 Å². The minimum atomic E-state index is 0. The van der Waals surface area contributed by atoms with Gasteiger partial charge in [0.05, 0.1) is 6.54 Å². The van der Waals surface area contributed by atoms with Gasteiger partial charge in [-0.3, -0.25) is 4.99 Å². The van der Waals surface area contributed by atoms with E-state index in [0.717, 1.165) is 43.8 Å². The van der Waals surface area contributed by atoms with Gasteiger partial charge in [0.2, 0.25) is 0 Å². The average Bonchev–Trinajstić information content (AvgIpc) is 2.28. The van der Waals surface area contributed by atoms with Crippen LogP contribution in [0, 0.1) is 5.92 Å².